The summed E-state index contributed by atoms with van der Waals surface area (Å²) in [5.74, 6) is 0. The highest BCUT2D eigenvalue weighted by molar-refractivity contribution is 6.17. The molecule has 68 valence electrons. The topological polar surface area (TPSA) is 18.5 Å². The van der Waals surface area contributed by atoms with Crippen molar-refractivity contribution in [1.82, 2.24) is 0 Å². The maximum absolute atomic E-state index is 4.99. The van der Waals surface area contributed by atoms with Gasteiger partial charge in [0.1, 0.15) is 0 Å². The summed E-state index contributed by atoms with van der Waals surface area (Å²) in [6.45, 7) is 17.6. The minimum atomic E-state index is -0.589. The first-order chi connectivity index (χ1) is 5.41. The van der Waals surface area contributed by atoms with E-state index in [4.69, 9.17) is 8.85 Å². The molecule has 0 spiro atoms. The maximum Gasteiger partial charge on any atom is 0.304 e. The molecule has 3 heteroatoms. The molecule has 0 bridgehead atoms. The Labute approximate surface area is 73.0 Å². The van der Waals surface area contributed by atoms with E-state index in [0.717, 1.165) is 13.2 Å². The largest absolute Gasteiger partial charge is 0.399 e. The molecule has 0 aliphatic heterocycles. The van der Waals surface area contributed by atoms with Crippen molar-refractivity contribution in [2.24, 2.45) is 0 Å². The second kappa shape index (κ2) is 33.5. The second-order valence-corrected chi connectivity index (χ2v) is 2.16. The molecule has 11 heavy (non-hydrogen) atoms. The number of rotatable bonds is 4. The lowest BCUT2D eigenvalue weighted by atomic mass is 10.9. The third-order valence-electron chi connectivity index (χ3n) is 0.575. The van der Waals surface area contributed by atoms with Gasteiger partial charge in [-0.1, -0.05) is 0 Å². The Morgan fingerprint density at radius 3 is 1.36 bits per heavy atom. The molecule has 0 saturated heterocycles. The number of hydrogen-bond donors (Lipinski definition) is 0. The lowest BCUT2D eigenvalue weighted by Gasteiger charge is -1.96. The summed E-state index contributed by atoms with van der Waals surface area (Å²) < 4.78 is 9.98. The van der Waals surface area contributed by atoms with E-state index in [0.29, 0.717) is 0 Å². The number of hydrogen-bond acceptors (Lipinski definition) is 2. The van der Waals surface area contributed by atoms with Crippen molar-refractivity contribution < 1.29 is 8.85 Å². The zero-order valence-electron chi connectivity index (χ0n) is 7.77. The zero-order chi connectivity index (χ0) is 9.54. The van der Waals surface area contributed by atoms with Gasteiger partial charge in [0, 0.05) is 13.2 Å². The van der Waals surface area contributed by atoms with Crippen molar-refractivity contribution in [2.75, 3.05) is 13.2 Å². The molecule has 0 aliphatic carbocycles. The van der Waals surface area contributed by atoms with Gasteiger partial charge in [0.05, 0.1) is 0 Å². The van der Waals surface area contributed by atoms with Crippen LogP contribution in [0.2, 0.25) is 0 Å². The molecular formula is C8H20O2Si. The minimum Gasteiger partial charge on any atom is -0.399 e. The third-order valence-corrected chi connectivity index (χ3v) is 1.72. The summed E-state index contributed by atoms with van der Waals surface area (Å²) in [4.78, 5) is 0. The standard InChI is InChI=1S/C4H12O2Si.2C2H4/c1-3-5-7-6-4-2;2*1-2/h3-4,7H2,1-2H3;2*1-2H2. The van der Waals surface area contributed by atoms with Gasteiger partial charge in [0.15, 0.2) is 0 Å². The molecule has 0 amide bonds. The van der Waals surface area contributed by atoms with Crippen LogP contribution in [-0.2, 0) is 8.85 Å². The van der Waals surface area contributed by atoms with Crippen LogP contribution in [0.4, 0.5) is 0 Å². The van der Waals surface area contributed by atoms with Crippen LogP contribution in [0.3, 0.4) is 0 Å². The summed E-state index contributed by atoms with van der Waals surface area (Å²) in [5, 5.41) is 0. The summed E-state index contributed by atoms with van der Waals surface area (Å²) in [7, 11) is -0.589. The lowest BCUT2D eigenvalue weighted by Crippen LogP contribution is -2.02. The van der Waals surface area contributed by atoms with Gasteiger partial charge in [-0.25, -0.2) is 0 Å². The van der Waals surface area contributed by atoms with Gasteiger partial charge in [-0.2, -0.15) is 0 Å². The predicted molar refractivity (Wildman–Crippen MR) is 54.3 cm³/mol. The minimum absolute atomic E-state index is 0.589. The normalized spacial score (nSPS) is 6.73. The van der Waals surface area contributed by atoms with Crippen LogP contribution in [0.1, 0.15) is 13.8 Å². The monoisotopic (exact) mass is 176 g/mol. The molecule has 0 aromatic carbocycles. The quantitative estimate of drug-likeness (QED) is 0.368. The van der Waals surface area contributed by atoms with E-state index in [1.54, 1.807) is 0 Å². The Morgan fingerprint density at radius 2 is 1.18 bits per heavy atom. The Balaban J connectivity index is -0.000000138. The molecule has 0 saturated carbocycles. The van der Waals surface area contributed by atoms with Gasteiger partial charge in [-0.3, -0.25) is 0 Å². The molecule has 0 unspecified atom stereocenters. The van der Waals surface area contributed by atoms with Crippen LogP contribution in [-0.4, -0.2) is 23.2 Å². The van der Waals surface area contributed by atoms with E-state index in [1.165, 1.54) is 0 Å². The maximum atomic E-state index is 4.99. The predicted octanol–water partition coefficient (Wildman–Crippen LogP) is 1.66. The van der Waals surface area contributed by atoms with Crippen molar-refractivity contribution in [3.63, 3.8) is 0 Å². The van der Waals surface area contributed by atoms with Gasteiger partial charge in [-0.15, -0.1) is 26.3 Å². The first kappa shape index (κ1) is 16.9. The van der Waals surface area contributed by atoms with Crippen LogP contribution >= 0.6 is 0 Å². The molecule has 0 N–H and O–H groups in total. The summed E-state index contributed by atoms with van der Waals surface area (Å²) in [5.41, 5.74) is 0. The highest BCUT2D eigenvalue weighted by Crippen LogP contribution is 1.70. The fourth-order valence-corrected chi connectivity index (χ4v) is 0.677. The van der Waals surface area contributed by atoms with E-state index >= 15 is 0 Å². The molecule has 0 atom stereocenters. The van der Waals surface area contributed by atoms with Crippen molar-refractivity contribution in [3.05, 3.63) is 26.3 Å². The molecule has 0 heterocycles. The van der Waals surface area contributed by atoms with Gasteiger partial charge < -0.3 is 8.85 Å². The average molecular weight is 176 g/mol. The fourth-order valence-electron chi connectivity index (χ4n) is 0.226. The van der Waals surface area contributed by atoms with Gasteiger partial charge in [-0.05, 0) is 13.8 Å². The fraction of sp³-hybridized carbons (Fsp3) is 0.500. The highest BCUT2D eigenvalue weighted by atomic mass is 28.3. The molecular weight excluding hydrogens is 156 g/mol. The van der Waals surface area contributed by atoms with Crippen molar-refractivity contribution in [1.29, 1.82) is 0 Å². The summed E-state index contributed by atoms with van der Waals surface area (Å²) in [6, 6.07) is 0. The Hall–Kier alpha value is -0.383. The smallest absolute Gasteiger partial charge is 0.304 e. The van der Waals surface area contributed by atoms with Gasteiger partial charge in [0.25, 0.3) is 0 Å². The third kappa shape index (κ3) is 42.7. The summed E-state index contributed by atoms with van der Waals surface area (Å²) >= 11 is 0. The lowest BCUT2D eigenvalue weighted by molar-refractivity contribution is 0.240. The summed E-state index contributed by atoms with van der Waals surface area (Å²) in [6.07, 6.45) is 0. The SMILES string of the molecule is C=C.C=C.CCO[SiH2]OCC. The Morgan fingerprint density at radius 1 is 0.909 bits per heavy atom. The van der Waals surface area contributed by atoms with Crippen LogP contribution in [0.15, 0.2) is 26.3 Å². The van der Waals surface area contributed by atoms with Crippen molar-refractivity contribution in [2.45, 2.75) is 13.8 Å². The van der Waals surface area contributed by atoms with Crippen LogP contribution in [0.25, 0.3) is 0 Å². The van der Waals surface area contributed by atoms with E-state index in [9.17, 15) is 0 Å². The van der Waals surface area contributed by atoms with Crippen LogP contribution < -0.4 is 0 Å². The molecule has 0 aromatic rings. The first-order valence-electron chi connectivity index (χ1n) is 3.57. The van der Waals surface area contributed by atoms with Crippen LogP contribution in [0, 0.1) is 0 Å². The van der Waals surface area contributed by atoms with E-state index < -0.39 is 10.0 Å². The van der Waals surface area contributed by atoms with E-state index in [1.807, 2.05) is 13.8 Å². The molecule has 0 fully saturated rings. The first-order valence-corrected chi connectivity index (χ1v) is 4.72. The van der Waals surface area contributed by atoms with E-state index in [2.05, 4.69) is 26.3 Å². The highest BCUT2D eigenvalue weighted by Gasteiger charge is 1.79. The van der Waals surface area contributed by atoms with Crippen molar-refractivity contribution in [3.8, 4) is 0 Å². The molecule has 0 aliphatic rings. The van der Waals surface area contributed by atoms with Gasteiger partial charge >= 0.3 is 10.0 Å². The molecule has 0 radical (unpaired) electrons. The van der Waals surface area contributed by atoms with Gasteiger partial charge in [0.2, 0.25) is 0 Å². The Kier molecular flexibility index (Phi) is 51.5. The van der Waals surface area contributed by atoms with E-state index in [-0.39, 0.29) is 0 Å². The molecule has 0 rings (SSSR count). The zero-order valence-corrected chi connectivity index (χ0v) is 9.18. The molecule has 2 nitrogen and oxygen atoms in total. The Bertz CT molecular complexity index is 45.4. The van der Waals surface area contributed by atoms with Crippen LogP contribution in [0.5, 0.6) is 0 Å². The molecule has 0 aromatic heterocycles. The second-order valence-electron chi connectivity index (χ2n) is 1.10. The van der Waals surface area contributed by atoms with Crippen molar-refractivity contribution >= 4 is 10.0 Å². The average Bonchev–Trinajstić information content (AvgIpc) is 2.13.